The highest BCUT2D eigenvalue weighted by molar-refractivity contribution is 5.69. The quantitative estimate of drug-likeness (QED) is 0.854. The number of nitrogens with one attached hydrogen (secondary N) is 1. The number of halogens is 5. The van der Waals surface area contributed by atoms with Gasteiger partial charge in [0.25, 0.3) is 0 Å². The van der Waals surface area contributed by atoms with Crippen molar-refractivity contribution in [3.8, 4) is 5.75 Å². The van der Waals surface area contributed by atoms with Crippen LogP contribution in [0.25, 0.3) is 0 Å². The Bertz CT molecular complexity index is 517. The molecule has 1 atom stereocenters. The van der Waals surface area contributed by atoms with Gasteiger partial charge in [-0.1, -0.05) is 12.1 Å². The maximum Gasteiger partial charge on any atom is 0.573 e. The van der Waals surface area contributed by atoms with E-state index in [2.05, 4.69) is 9.47 Å². The zero-order chi connectivity index (χ0) is 15.0. The summed E-state index contributed by atoms with van der Waals surface area (Å²) in [5, 5.41) is 1.87. The van der Waals surface area contributed by atoms with E-state index < -0.39 is 36.8 Å². The van der Waals surface area contributed by atoms with Gasteiger partial charge in [-0.3, -0.25) is 0 Å². The van der Waals surface area contributed by atoms with Gasteiger partial charge < -0.3 is 14.8 Å². The maximum atomic E-state index is 13.6. The molecule has 1 heterocycles. The van der Waals surface area contributed by atoms with Gasteiger partial charge in [0.15, 0.2) is 6.61 Å². The van der Waals surface area contributed by atoms with E-state index in [4.69, 9.17) is 0 Å². The molecule has 0 aromatic heterocycles. The Hall–Kier alpha value is -2.06. The summed E-state index contributed by atoms with van der Waals surface area (Å²) in [5.74, 6) is -4.09. The summed E-state index contributed by atoms with van der Waals surface area (Å²) in [7, 11) is 0. The number of alkyl carbamates (subject to hydrolysis) is 1. The fourth-order valence-electron chi connectivity index (χ4n) is 1.73. The zero-order valence-corrected chi connectivity index (χ0v) is 9.71. The summed E-state index contributed by atoms with van der Waals surface area (Å²) in [6, 6.07) is 2.26. The number of amides is 1. The summed E-state index contributed by atoms with van der Waals surface area (Å²) in [5.41, 5.74) is -0.214. The average molecular weight is 297 g/mol. The molecular formula is C11H8F5NO3. The van der Waals surface area contributed by atoms with Crippen molar-refractivity contribution in [2.24, 2.45) is 0 Å². The van der Waals surface area contributed by atoms with Crippen LogP contribution in [-0.4, -0.2) is 25.0 Å². The van der Waals surface area contributed by atoms with Crippen molar-refractivity contribution in [1.82, 2.24) is 5.32 Å². The SMILES string of the molecule is O=C1N[C@H](c2cccc(OC(F)(F)F)c2)C(F)(F)CO1. The van der Waals surface area contributed by atoms with E-state index >= 15 is 0 Å². The van der Waals surface area contributed by atoms with Crippen molar-refractivity contribution in [2.75, 3.05) is 6.61 Å². The average Bonchev–Trinajstić information content (AvgIpc) is 2.30. The Balaban J connectivity index is 2.27. The summed E-state index contributed by atoms with van der Waals surface area (Å²) in [6.07, 6.45) is -6.00. The standard InChI is InChI=1S/C11H8F5NO3/c12-10(13)5-19-9(18)17-8(10)6-2-1-3-7(4-6)20-11(14,15)16/h1-4,8H,5H2,(H,17,18)/t8-/m1/s1. The van der Waals surface area contributed by atoms with Crippen molar-refractivity contribution in [2.45, 2.75) is 18.3 Å². The third-order valence-electron chi connectivity index (χ3n) is 2.51. The lowest BCUT2D eigenvalue weighted by Crippen LogP contribution is -2.49. The van der Waals surface area contributed by atoms with E-state index in [0.29, 0.717) is 0 Å². The number of carbonyl (C=O) groups is 1. The van der Waals surface area contributed by atoms with Crippen LogP contribution in [0, 0.1) is 0 Å². The molecule has 1 aromatic carbocycles. The second-order valence-electron chi connectivity index (χ2n) is 4.03. The Labute approximate surface area is 109 Å². The van der Waals surface area contributed by atoms with E-state index in [9.17, 15) is 26.7 Å². The van der Waals surface area contributed by atoms with Crippen molar-refractivity contribution in [3.63, 3.8) is 0 Å². The molecule has 4 nitrogen and oxygen atoms in total. The number of alkyl halides is 5. The number of cyclic esters (lactones) is 1. The smallest absolute Gasteiger partial charge is 0.443 e. The Kier molecular flexibility index (Phi) is 3.45. The predicted molar refractivity (Wildman–Crippen MR) is 55.3 cm³/mol. The Morgan fingerprint density at radius 3 is 2.70 bits per heavy atom. The van der Waals surface area contributed by atoms with E-state index in [1.54, 1.807) is 0 Å². The minimum absolute atomic E-state index is 0.214. The summed E-state index contributed by atoms with van der Waals surface area (Å²) in [6.45, 7) is -1.14. The van der Waals surface area contributed by atoms with Crippen LogP contribution in [0.2, 0.25) is 0 Å². The monoisotopic (exact) mass is 297 g/mol. The van der Waals surface area contributed by atoms with Gasteiger partial charge in [-0.25, -0.2) is 13.6 Å². The molecule has 1 aromatic rings. The van der Waals surface area contributed by atoms with E-state index in [1.807, 2.05) is 5.32 Å². The molecular weight excluding hydrogens is 289 g/mol. The molecule has 110 valence electrons. The fraction of sp³-hybridized carbons (Fsp3) is 0.364. The molecule has 1 fully saturated rings. The summed E-state index contributed by atoms with van der Waals surface area (Å²) < 4.78 is 71.2. The van der Waals surface area contributed by atoms with Crippen LogP contribution in [0.4, 0.5) is 26.7 Å². The molecule has 0 saturated carbocycles. The lowest BCUT2D eigenvalue weighted by atomic mass is 10.00. The number of rotatable bonds is 2. The lowest BCUT2D eigenvalue weighted by Gasteiger charge is -2.31. The van der Waals surface area contributed by atoms with E-state index in [1.165, 1.54) is 0 Å². The minimum Gasteiger partial charge on any atom is -0.443 e. The van der Waals surface area contributed by atoms with Crippen LogP contribution in [-0.2, 0) is 4.74 Å². The van der Waals surface area contributed by atoms with Crippen LogP contribution < -0.4 is 10.1 Å². The molecule has 0 radical (unpaired) electrons. The molecule has 0 aliphatic carbocycles. The highest BCUT2D eigenvalue weighted by Gasteiger charge is 2.47. The third kappa shape index (κ3) is 3.28. The van der Waals surface area contributed by atoms with Gasteiger partial charge in [0.1, 0.15) is 11.8 Å². The molecule has 1 amide bonds. The Morgan fingerprint density at radius 1 is 1.35 bits per heavy atom. The van der Waals surface area contributed by atoms with Gasteiger partial charge >= 0.3 is 18.4 Å². The van der Waals surface area contributed by atoms with Gasteiger partial charge in [0.2, 0.25) is 0 Å². The van der Waals surface area contributed by atoms with Crippen LogP contribution in [0.5, 0.6) is 5.75 Å². The fourth-order valence-corrected chi connectivity index (χ4v) is 1.73. The number of ether oxygens (including phenoxy) is 2. The zero-order valence-electron chi connectivity index (χ0n) is 9.71. The van der Waals surface area contributed by atoms with Crippen LogP contribution in [0.3, 0.4) is 0 Å². The minimum atomic E-state index is -4.93. The molecule has 1 N–H and O–H groups in total. The van der Waals surface area contributed by atoms with Crippen molar-refractivity contribution >= 4 is 6.09 Å². The molecule has 9 heteroatoms. The molecule has 1 saturated heterocycles. The van der Waals surface area contributed by atoms with Gasteiger partial charge in [-0.2, -0.15) is 0 Å². The maximum absolute atomic E-state index is 13.6. The number of hydrogen-bond acceptors (Lipinski definition) is 3. The third-order valence-corrected chi connectivity index (χ3v) is 2.51. The molecule has 0 spiro atoms. The number of hydrogen-bond donors (Lipinski definition) is 1. The Morgan fingerprint density at radius 2 is 2.05 bits per heavy atom. The largest absolute Gasteiger partial charge is 0.573 e. The van der Waals surface area contributed by atoms with Gasteiger partial charge in [0, 0.05) is 0 Å². The normalized spacial score (nSPS) is 21.9. The van der Waals surface area contributed by atoms with Crippen molar-refractivity contribution in [3.05, 3.63) is 29.8 Å². The molecule has 2 rings (SSSR count). The molecule has 0 unspecified atom stereocenters. The first-order chi connectivity index (χ1) is 9.17. The predicted octanol–water partition coefficient (Wildman–Crippen LogP) is 3.00. The highest BCUT2D eigenvalue weighted by atomic mass is 19.4. The van der Waals surface area contributed by atoms with Gasteiger partial charge in [-0.05, 0) is 17.7 Å². The van der Waals surface area contributed by atoms with E-state index in [-0.39, 0.29) is 5.56 Å². The molecule has 1 aliphatic heterocycles. The highest BCUT2D eigenvalue weighted by Crippen LogP contribution is 2.36. The molecule has 1 aliphatic rings. The second kappa shape index (κ2) is 4.80. The first-order valence-electron chi connectivity index (χ1n) is 5.34. The van der Waals surface area contributed by atoms with Crippen LogP contribution in [0.15, 0.2) is 24.3 Å². The second-order valence-corrected chi connectivity index (χ2v) is 4.03. The summed E-state index contributed by atoms with van der Waals surface area (Å²) >= 11 is 0. The first kappa shape index (κ1) is 14.4. The topological polar surface area (TPSA) is 47.6 Å². The van der Waals surface area contributed by atoms with Gasteiger partial charge in [0.05, 0.1) is 0 Å². The molecule has 20 heavy (non-hydrogen) atoms. The van der Waals surface area contributed by atoms with Crippen molar-refractivity contribution < 1.29 is 36.2 Å². The van der Waals surface area contributed by atoms with Crippen LogP contribution >= 0.6 is 0 Å². The van der Waals surface area contributed by atoms with Gasteiger partial charge in [-0.15, -0.1) is 13.2 Å². The number of benzene rings is 1. The summed E-state index contributed by atoms with van der Waals surface area (Å²) in [4.78, 5) is 11.0. The van der Waals surface area contributed by atoms with Crippen molar-refractivity contribution in [1.29, 1.82) is 0 Å². The molecule has 0 bridgehead atoms. The van der Waals surface area contributed by atoms with E-state index in [0.717, 1.165) is 24.3 Å². The van der Waals surface area contributed by atoms with Crippen LogP contribution in [0.1, 0.15) is 11.6 Å². The first-order valence-corrected chi connectivity index (χ1v) is 5.34. The number of carbonyl (C=O) groups excluding carboxylic acids is 1. The lowest BCUT2D eigenvalue weighted by molar-refractivity contribution is -0.274.